The highest BCUT2D eigenvalue weighted by atomic mass is 32.2. The molecule has 9 nitrogen and oxygen atoms in total. The Morgan fingerprint density at radius 1 is 0.633 bits per heavy atom. The molecule has 0 bridgehead atoms. The molecular weight excluding hydrogens is 686 g/mol. The highest BCUT2D eigenvalue weighted by molar-refractivity contribution is 7.97. The maximum Gasteiger partial charge on any atom is 0.401 e. The second-order valence-electron chi connectivity index (χ2n) is 11.8. The molecule has 3 saturated heterocycles. The van der Waals surface area contributed by atoms with Gasteiger partial charge in [0.15, 0.2) is 33.6 Å². The molecule has 6 rings (SSSR count). The molecule has 0 aromatic heterocycles. The van der Waals surface area contributed by atoms with Gasteiger partial charge in [0.1, 0.15) is 33.1 Å². The van der Waals surface area contributed by atoms with Crippen LogP contribution in [0.3, 0.4) is 0 Å². The van der Waals surface area contributed by atoms with Gasteiger partial charge in [0.05, 0.1) is 30.7 Å². The summed E-state index contributed by atoms with van der Waals surface area (Å²) in [6.07, 6.45) is 3.94. The van der Waals surface area contributed by atoms with E-state index in [2.05, 4.69) is 54.6 Å². The van der Waals surface area contributed by atoms with Crippen molar-refractivity contribution in [3.8, 4) is 17.2 Å². The largest absolute Gasteiger partial charge is 0.748 e. The van der Waals surface area contributed by atoms with Gasteiger partial charge in [-0.1, -0.05) is 18.2 Å². The zero-order valence-electron chi connectivity index (χ0n) is 27.0. The second kappa shape index (κ2) is 17.8. The van der Waals surface area contributed by atoms with Gasteiger partial charge in [-0.2, -0.15) is 13.2 Å². The minimum absolute atomic E-state index is 0.190. The molecule has 3 aromatic carbocycles. The van der Waals surface area contributed by atoms with E-state index in [0.717, 1.165) is 110 Å². The van der Waals surface area contributed by atoms with E-state index >= 15 is 0 Å². The molecule has 3 fully saturated rings. The molecule has 3 aliphatic heterocycles. The second-order valence-corrected chi connectivity index (χ2v) is 15.2. The number of ether oxygens (including phenoxy) is 6. The molecule has 14 heteroatoms. The molecule has 0 saturated carbocycles. The van der Waals surface area contributed by atoms with Gasteiger partial charge in [-0.3, -0.25) is 0 Å². The number of benzene rings is 3. The van der Waals surface area contributed by atoms with Crippen molar-refractivity contribution < 1.29 is 54.6 Å². The van der Waals surface area contributed by atoms with Crippen molar-refractivity contribution in [2.45, 2.75) is 97.5 Å². The van der Waals surface area contributed by atoms with Crippen molar-refractivity contribution in [2.75, 3.05) is 25.6 Å². The topological polar surface area (TPSA) is 113 Å². The van der Waals surface area contributed by atoms with Gasteiger partial charge < -0.3 is 33.0 Å². The first-order valence-corrected chi connectivity index (χ1v) is 19.2. The predicted molar refractivity (Wildman–Crippen MR) is 175 cm³/mol. The first-order chi connectivity index (χ1) is 23.5. The van der Waals surface area contributed by atoms with Gasteiger partial charge in [0, 0.05) is 37.5 Å². The molecule has 0 spiro atoms. The van der Waals surface area contributed by atoms with Crippen molar-refractivity contribution in [2.24, 2.45) is 0 Å². The molecule has 3 aromatic rings. The molecule has 3 unspecified atom stereocenters. The zero-order valence-corrected chi connectivity index (χ0v) is 28.6. The third-order valence-electron chi connectivity index (χ3n) is 7.68. The summed E-state index contributed by atoms with van der Waals surface area (Å²) >= 11 is 0. The Labute approximate surface area is 288 Å². The summed E-state index contributed by atoms with van der Waals surface area (Å²) in [5.41, 5.74) is 0. The van der Waals surface area contributed by atoms with Crippen LogP contribution >= 0.6 is 0 Å². The average Bonchev–Trinajstić information content (AvgIpc) is 3.06. The minimum Gasteiger partial charge on any atom is -0.748 e. The van der Waals surface area contributed by atoms with E-state index in [1.807, 2.05) is 18.2 Å². The Hall–Kier alpha value is -3.01. The van der Waals surface area contributed by atoms with Gasteiger partial charge in [0.25, 0.3) is 0 Å². The van der Waals surface area contributed by atoms with E-state index < -0.39 is 32.9 Å². The van der Waals surface area contributed by atoms with Crippen molar-refractivity contribution in [1.82, 2.24) is 0 Å². The van der Waals surface area contributed by atoms with E-state index in [4.69, 9.17) is 28.4 Å². The summed E-state index contributed by atoms with van der Waals surface area (Å²) in [4.78, 5) is 3.47. The summed E-state index contributed by atoms with van der Waals surface area (Å²) < 4.78 is 97.4. The van der Waals surface area contributed by atoms with E-state index in [1.165, 1.54) is 0 Å². The van der Waals surface area contributed by atoms with Crippen LogP contribution in [0.2, 0.25) is 0 Å². The van der Waals surface area contributed by atoms with E-state index in [1.54, 1.807) is 0 Å². The van der Waals surface area contributed by atoms with Crippen molar-refractivity contribution >= 4 is 21.0 Å². The van der Waals surface area contributed by atoms with Crippen LogP contribution in [0.1, 0.15) is 57.8 Å². The summed E-state index contributed by atoms with van der Waals surface area (Å²) in [6.45, 7) is 2.26. The number of hydrogen-bond donors (Lipinski definition) is 0. The Bertz CT molecular complexity index is 1420. The van der Waals surface area contributed by atoms with Crippen LogP contribution < -0.4 is 14.2 Å². The molecule has 0 aliphatic carbocycles. The van der Waals surface area contributed by atoms with Gasteiger partial charge in [0.2, 0.25) is 0 Å². The molecule has 3 atom stereocenters. The first-order valence-electron chi connectivity index (χ1n) is 16.4. The highest BCUT2D eigenvalue weighted by Crippen LogP contribution is 2.37. The van der Waals surface area contributed by atoms with E-state index in [9.17, 15) is 26.1 Å². The van der Waals surface area contributed by atoms with Gasteiger partial charge in [-0.05, 0) is 74.9 Å². The number of rotatable bonds is 10. The lowest BCUT2D eigenvalue weighted by Crippen LogP contribution is -2.25. The van der Waals surface area contributed by atoms with Crippen LogP contribution in [0.25, 0.3) is 0 Å². The standard InChI is InChI=1S/C33H39O6S.C2H3F3O3S/c1-4-19-34-31(16-1)37-25-10-7-13-28(22-25)40(29-14-8-11-26(23-29)38-32-17-2-5-20-35-32)30-15-9-12-27(24-30)39-33-18-3-6-21-36-33;3-2(4,5)1-9(6,7)8/h7-15,22-24,31-33H,1-6,16-21H2;1H2,(H,6,7,8)/q+1;/p-1. The number of hydrogen-bond acceptors (Lipinski definition) is 9. The smallest absolute Gasteiger partial charge is 0.401 e. The molecular formula is C35H41F3O9S2. The highest BCUT2D eigenvalue weighted by Gasteiger charge is 2.32. The van der Waals surface area contributed by atoms with Crippen molar-refractivity contribution in [3.63, 3.8) is 0 Å². The maximum atomic E-state index is 11.0. The number of alkyl halides is 3. The molecule has 0 N–H and O–H groups in total. The molecule has 0 radical (unpaired) electrons. The normalized spacial score (nSPS) is 22.2. The first kappa shape index (κ1) is 37.3. The van der Waals surface area contributed by atoms with Gasteiger partial charge in [-0.25, -0.2) is 8.42 Å². The van der Waals surface area contributed by atoms with Crippen molar-refractivity contribution in [1.29, 1.82) is 0 Å². The Kier molecular flexibility index (Phi) is 13.5. The Morgan fingerprint density at radius 2 is 0.980 bits per heavy atom. The third kappa shape index (κ3) is 12.7. The van der Waals surface area contributed by atoms with Crippen LogP contribution in [-0.2, 0) is 35.2 Å². The summed E-state index contributed by atoms with van der Waals surface area (Å²) in [5, 5.41) is 0. The molecule has 49 heavy (non-hydrogen) atoms. The third-order valence-corrected chi connectivity index (χ3v) is 10.5. The van der Waals surface area contributed by atoms with Crippen LogP contribution in [0, 0.1) is 0 Å². The van der Waals surface area contributed by atoms with E-state index in [0.29, 0.717) is 0 Å². The predicted octanol–water partition coefficient (Wildman–Crippen LogP) is 7.59. The van der Waals surface area contributed by atoms with E-state index in [-0.39, 0.29) is 18.9 Å². The molecule has 0 amide bonds. The fourth-order valence-electron chi connectivity index (χ4n) is 5.50. The quantitative estimate of drug-likeness (QED) is 0.154. The van der Waals surface area contributed by atoms with Gasteiger partial charge in [-0.15, -0.1) is 0 Å². The monoisotopic (exact) mass is 726 g/mol. The average molecular weight is 727 g/mol. The Morgan fingerprint density at radius 3 is 1.22 bits per heavy atom. The zero-order chi connectivity index (χ0) is 34.7. The number of halogens is 3. The van der Waals surface area contributed by atoms with Crippen LogP contribution in [-0.4, -0.2) is 63.6 Å². The van der Waals surface area contributed by atoms with Crippen molar-refractivity contribution in [3.05, 3.63) is 72.8 Å². The SMILES string of the molecule is O=S(=O)([O-])CC(F)(F)F.c1cc(OC2CCCCO2)cc([S+](c2cccc(OC3CCCCO3)c2)c2cccc(OC3CCCCO3)c2)c1. The fraction of sp³-hybridized carbons (Fsp3) is 0.486. The molecule has 3 aliphatic rings. The lowest BCUT2D eigenvalue weighted by molar-refractivity contribution is -0.107. The summed E-state index contributed by atoms with van der Waals surface area (Å²) in [5.74, 6) is 0.189. The van der Waals surface area contributed by atoms with Crippen LogP contribution in [0.15, 0.2) is 87.5 Å². The van der Waals surface area contributed by atoms with Gasteiger partial charge >= 0.3 is 6.18 Å². The summed E-state index contributed by atoms with van der Waals surface area (Å²) in [7, 11) is -5.58. The molecule has 3 heterocycles. The van der Waals surface area contributed by atoms with Crippen LogP contribution in [0.4, 0.5) is 13.2 Å². The Balaban J connectivity index is 0.000000459. The summed E-state index contributed by atoms with van der Waals surface area (Å²) in [6, 6.07) is 25.2. The van der Waals surface area contributed by atoms with Crippen LogP contribution in [0.5, 0.6) is 17.2 Å². The lowest BCUT2D eigenvalue weighted by atomic mass is 10.2. The maximum absolute atomic E-state index is 11.0. The minimum atomic E-state index is -5.16. The lowest BCUT2D eigenvalue weighted by Gasteiger charge is -2.24. The fourth-order valence-corrected chi connectivity index (χ4v) is 8.06. The molecule has 268 valence electrons.